The highest BCUT2D eigenvalue weighted by atomic mass is 16.5. The molecule has 17 heavy (non-hydrogen) atoms. The van der Waals surface area contributed by atoms with Gasteiger partial charge in [0.1, 0.15) is 0 Å². The third kappa shape index (κ3) is 4.26. The summed E-state index contributed by atoms with van der Waals surface area (Å²) in [5.74, 6) is 0.897. The molecule has 0 bridgehead atoms. The van der Waals surface area contributed by atoms with Crippen LogP contribution in [0.1, 0.15) is 12.8 Å². The van der Waals surface area contributed by atoms with Crippen LogP contribution in [0.15, 0.2) is 12.3 Å². The Balaban J connectivity index is 2.46. The lowest BCUT2D eigenvalue weighted by molar-refractivity contribution is -0.140. The Labute approximate surface area is 101 Å². The number of carbonyl (C=O) groups excluding carboxylic acids is 1. The van der Waals surface area contributed by atoms with Gasteiger partial charge in [0.15, 0.2) is 0 Å². The SMILES string of the molecule is COC(=O)CCCN(C)c1nccc(OC)n1. The molecular weight excluding hydrogens is 222 g/mol. The molecule has 0 spiro atoms. The molecule has 0 aromatic carbocycles. The van der Waals surface area contributed by atoms with Crippen molar-refractivity contribution >= 4 is 11.9 Å². The van der Waals surface area contributed by atoms with E-state index in [1.54, 1.807) is 19.4 Å². The minimum Gasteiger partial charge on any atom is -0.481 e. The minimum atomic E-state index is -0.204. The molecule has 6 heteroatoms. The first-order valence-corrected chi connectivity index (χ1v) is 5.32. The molecule has 0 unspecified atom stereocenters. The molecule has 0 amide bonds. The fraction of sp³-hybridized carbons (Fsp3) is 0.545. The van der Waals surface area contributed by atoms with E-state index in [1.165, 1.54) is 7.11 Å². The largest absolute Gasteiger partial charge is 0.481 e. The van der Waals surface area contributed by atoms with E-state index in [4.69, 9.17) is 4.74 Å². The molecule has 0 radical (unpaired) electrons. The Morgan fingerprint density at radius 1 is 1.47 bits per heavy atom. The first-order chi connectivity index (χ1) is 8.17. The number of esters is 1. The van der Waals surface area contributed by atoms with Crippen molar-refractivity contribution in [2.75, 3.05) is 32.7 Å². The van der Waals surface area contributed by atoms with Gasteiger partial charge in [-0.3, -0.25) is 4.79 Å². The molecule has 0 atom stereocenters. The number of methoxy groups -OCH3 is 2. The van der Waals surface area contributed by atoms with Crippen molar-refractivity contribution in [3.8, 4) is 5.88 Å². The van der Waals surface area contributed by atoms with E-state index in [2.05, 4.69) is 14.7 Å². The fourth-order valence-electron chi connectivity index (χ4n) is 1.29. The molecule has 1 aromatic heterocycles. The Morgan fingerprint density at radius 3 is 2.88 bits per heavy atom. The zero-order valence-corrected chi connectivity index (χ0v) is 10.3. The molecule has 0 aliphatic heterocycles. The van der Waals surface area contributed by atoms with Crippen LogP contribution in [-0.4, -0.2) is 43.7 Å². The summed E-state index contributed by atoms with van der Waals surface area (Å²) >= 11 is 0. The lowest BCUT2D eigenvalue weighted by atomic mass is 10.3. The summed E-state index contributed by atoms with van der Waals surface area (Å²) in [6.07, 6.45) is 2.73. The minimum absolute atomic E-state index is 0.204. The Hall–Kier alpha value is -1.85. The number of nitrogens with zero attached hydrogens (tertiary/aromatic N) is 3. The summed E-state index contributed by atoms with van der Waals surface area (Å²) in [5.41, 5.74) is 0. The molecular formula is C11H17N3O3. The van der Waals surface area contributed by atoms with Gasteiger partial charge in [-0.1, -0.05) is 0 Å². The quantitative estimate of drug-likeness (QED) is 0.686. The van der Waals surface area contributed by atoms with Crippen LogP contribution in [0.3, 0.4) is 0 Å². The Morgan fingerprint density at radius 2 is 2.24 bits per heavy atom. The van der Waals surface area contributed by atoms with E-state index in [0.717, 1.165) is 0 Å². The van der Waals surface area contributed by atoms with E-state index in [0.29, 0.717) is 31.2 Å². The zero-order chi connectivity index (χ0) is 12.7. The summed E-state index contributed by atoms with van der Waals surface area (Å²) in [6, 6.07) is 1.69. The summed E-state index contributed by atoms with van der Waals surface area (Å²) in [6.45, 7) is 0.683. The number of hydrogen-bond donors (Lipinski definition) is 0. The van der Waals surface area contributed by atoms with E-state index < -0.39 is 0 Å². The number of rotatable bonds is 6. The van der Waals surface area contributed by atoms with Gasteiger partial charge in [-0.05, 0) is 6.42 Å². The Bertz CT molecular complexity index is 371. The van der Waals surface area contributed by atoms with Gasteiger partial charge < -0.3 is 14.4 Å². The molecule has 0 aliphatic carbocycles. The lowest BCUT2D eigenvalue weighted by Crippen LogP contribution is -2.21. The van der Waals surface area contributed by atoms with Crippen LogP contribution in [0.25, 0.3) is 0 Å². The second kappa shape index (κ2) is 6.67. The standard InChI is InChI=1S/C11H17N3O3/c1-14(8-4-5-10(15)17-3)11-12-7-6-9(13-11)16-2/h6-7H,4-5,8H2,1-3H3. The Kier molecular flexibility index (Phi) is 5.19. The highest BCUT2D eigenvalue weighted by Crippen LogP contribution is 2.11. The van der Waals surface area contributed by atoms with Crippen molar-refractivity contribution in [1.82, 2.24) is 9.97 Å². The van der Waals surface area contributed by atoms with Crippen molar-refractivity contribution < 1.29 is 14.3 Å². The van der Waals surface area contributed by atoms with E-state index in [9.17, 15) is 4.79 Å². The molecule has 0 fully saturated rings. The smallest absolute Gasteiger partial charge is 0.305 e. The van der Waals surface area contributed by atoms with Gasteiger partial charge in [0, 0.05) is 32.3 Å². The van der Waals surface area contributed by atoms with Crippen LogP contribution in [-0.2, 0) is 9.53 Å². The number of hydrogen-bond acceptors (Lipinski definition) is 6. The van der Waals surface area contributed by atoms with Crippen LogP contribution in [0.5, 0.6) is 5.88 Å². The summed E-state index contributed by atoms with van der Waals surface area (Å²) in [4.78, 5) is 21.1. The van der Waals surface area contributed by atoms with Gasteiger partial charge in [0.05, 0.1) is 14.2 Å². The van der Waals surface area contributed by atoms with Crippen molar-refractivity contribution in [3.05, 3.63) is 12.3 Å². The second-order valence-corrected chi connectivity index (χ2v) is 3.50. The van der Waals surface area contributed by atoms with Gasteiger partial charge in [0.25, 0.3) is 0 Å². The van der Waals surface area contributed by atoms with Gasteiger partial charge in [0.2, 0.25) is 11.8 Å². The highest BCUT2D eigenvalue weighted by Gasteiger charge is 2.07. The molecule has 94 valence electrons. The number of ether oxygens (including phenoxy) is 2. The molecule has 1 aromatic rings. The van der Waals surface area contributed by atoms with Crippen LogP contribution in [0.4, 0.5) is 5.95 Å². The van der Waals surface area contributed by atoms with Gasteiger partial charge in [-0.25, -0.2) is 4.98 Å². The molecule has 0 aliphatic rings. The van der Waals surface area contributed by atoms with Crippen LogP contribution >= 0.6 is 0 Å². The van der Waals surface area contributed by atoms with Gasteiger partial charge in [-0.2, -0.15) is 4.98 Å². The maximum atomic E-state index is 10.9. The third-order valence-corrected chi connectivity index (χ3v) is 2.27. The van der Waals surface area contributed by atoms with Gasteiger partial charge >= 0.3 is 5.97 Å². The topological polar surface area (TPSA) is 64.5 Å². The summed E-state index contributed by atoms with van der Waals surface area (Å²) < 4.78 is 9.58. The molecule has 0 saturated heterocycles. The maximum Gasteiger partial charge on any atom is 0.305 e. The van der Waals surface area contributed by atoms with E-state index in [1.807, 2.05) is 11.9 Å². The predicted molar refractivity (Wildman–Crippen MR) is 63.1 cm³/mol. The molecule has 1 rings (SSSR count). The number of aromatic nitrogens is 2. The summed E-state index contributed by atoms with van der Waals surface area (Å²) in [5, 5.41) is 0. The fourth-order valence-corrected chi connectivity index (χ4v) is 1.29. The third-order valence-electron chi connectivity index (χ3n) is 2.27. The number of anilines is 1. The average molecular weight is 239 g/mol. The molecule has 1 heterocycles. The zero-order valence-electron chi connectivity index (χ0n) is 10.3. The van der Waals surface area contributed by atoms with Crippen LogP contribution in [0.2, 0.25) is 0 Å². The average Bonchev–Trinajstić information content (AvgIpc) is 2.38. The number of carbonyl (C=O) groups is 1. The van der Waals surface area contributed by atoms with Crippen molar-refractivity contribution in [2.45, 2.75) is 12.8 Å². The second-order valence-electron chi connectivity index (χ2n) is 3.50. The monoisotopic (exact) mass is 239 g/mol. The highest BCUT2D eigenvalue weighted by molar-refractivity contribution is 5.69. The molecule has 6 nitrogen and oxygen atoms in total. The van der Waals surface area contributed by atoms with Crippen molar-refractivity contribution in [3.63, 3.8) is 0 Å². The van der Waals surface area contributed by atoms with Crippen LogP contribution < -0.4 is 9.64 Å². The van der Waals surface area contributed by atoms with E-state index >= 15 is 0 Å². The first kappa shape index (κ1) is 13.2. The van der Waals surface area contributed by atoms with Crippen LogP contribution in [0, 0.1) is 0 Å². The summed E-state index contributed by atoms with van der Waals surface area (Å²) in [7, 11) is 4.81. The van der Waals surface area contributed by atoms with Gasteiger partial charge in [-0.15, -0.1) is 0 Å². The molecule has 0 saturated carbocycles. The van der Waals surface area contributed by atoms with E-state index in [-0.39, 0.29) is 5.97 Å². The molecule has 0 N–H and O–H groups in total. The normalized spacial score (nSPS) is 9.82. The first-order valence-electron chi connectivity index (χ1n) is 5.32. The van der Waals surface area contributed by atoms with Crippen molar-refractivity contribution in [1.29, 1.82) is 0 Å². The lowest BCUT2D eigenvalue weighted by Gasteiger charge is -2.16. The van der Waals surface area contributed by atoms with Crippen molar-refractivity contribution in [2.24, 2.45) is 0 Å². The predicted octanol–water partition coefficient (Wildman–Crippen LogP) is 0.875. The maximum absolute atomic E-state index is 10.9.